The fraction of sp³-hybridized carbons (Fsp3) is 0.594. The molecule has 0 aliphatic heterocycles. The van der Waals surface area contributed by atoms with Gasteiger partial charge in [0.2, 0.25) is 0 Å². The molecule has 0 spiro atoms. The quantitative estimate of drug-likeness (QED) is 0.186. The van der Waals surface area contributed by atoms with E-state index in [1.807, 2.05) is 29.9 Å². The first-order chi connectivity index (χ1) is 19.6. The van der Waals surface area contributed by atoms with Crippen LogP contribution in [0.3, 0.4) is 0 Å². The van der Waals surface area contributed by atoms with Crippen molar-refractivity contribution in [2.24, 2.45) is 7.05 Å². The topological polar surface area (TPSA) is 48.8 Å². The van der Waals surface area contributed by atoms with E-state index in [4.69, 9.17) is 18.7 Å². The predicted octanol–water partition coefficient (Wildman–Crippen LogP) is 9.03. The summed E-state index contributed by atoms with van der Waals surface area (Å²) < 4.78 is 58.7. The van der Waals surface area contributed by atoms with Gasteiger partial charge < -0.3 is 18.5 Å². The van der Waals surface area contributed by atoms with E-state index < -0.39 is 29.4 Å². The molecule has 0 aliphatic rings. The highest BCUT2D eigenvalue weighted by molar-refractivity contribution is 6.74. The number of hydrogen-bond acceptors (Lipinski definition) is 5. The number of ether oxygens (including phenoxy) is 1. The molecule has 0 fully saturated rings. The third-order valence-electron chi connectivity index (χ3n) is 8.98. The number of nitrogens with zero attached hydrogens (tertiary/aromatic N) is 3. The molecule has 0 saturated carbocycles. The summed E-state index contributed by atoms with van der Waals surface area (Å²) in [6, 6.07) is 12.7. The molecule has 43 heavy (non-hydrogen) atoms. The second-order valence-electron chi connectivity index (χ2n) is 14.3. The maximum absolute atomic E-state index is 12.9. The van der Waals surface area contributed by atoms with Crippen LogP contribution in [0.2, 0.25) is 36.3 Å². The molecule has 3 rings (SSSR count). The third-order valence-corrected chi connectivity index (χ3v) is 18.1. The predicted molar refractivity (Wildman–Crippen MR) is 176 cm³/mol. The van der Waals surface area contributed by atoms with Gasteiger partial charge in [-0.15, -0.1) is 0 Å². The Kier molecular flexibility index (Phi) is 10.6. The summed E-state index contributed by atoms with van der Waals surface area (Å²) >= 11 is 0. The molecule has 0 unspecified atom stereocenters. The Balaban J connectivity index is 1.93. The summed E-state index contributed by atoms with van der Waals surface area (Å²) in [5.41, 5.74) is 2.23. The van der Waals surface area contributed by atoms with Gasteiger partial charge in [0, 0.05) is 31.1 Å². The Morgan fingerprint density at radius 1 is 0.814 bits per heavy atom. The monoisotopic (exact) mass is 637 g/mol. The molecule has 0 amide bonds. The van der Waals surface area contributed by atoms with Gasteiger partial charge in [-0.1, -0.05) is 65.8 Å². The lowest BCUT2D eigenvalue weighted by molar-refractivity contribution is -0.153. The first kappa shape index (κ1) is 35.1. The first-order valence-electron chi connectivity index (χ1n) is 14.9. The molecule has 1 aromatic heterocycles. The lowest BCUT2D eigenvalue weighted by Crippen LogP contribution is -2.44. The van der Waals surface area contributed by atoms with E-state index in [2.05, 4.69) is 72.6 Å². The van der Waals surface area contributed by atoms with Crippen molar-refractivity contribution in [3.63, 3.8) is 0 Å². The van der Waals surface area contributed by atoms with Gasteiger partial charge in [0.1, 0.15) is 5.75 Å². The highest BCUT2D eigenvalue weighted by Crippen LogP contribution is 2.38. The Labute approximate surface area is 257 Å². The van der Waals surface area contributed by atoms with Gasteiger partial charge >= 0.3 is 6.18 Å². The van der Waals surface area contributed by atoms with Crippen molar-refractivity contribution in [3.8, 4) is 16.9 Å². The molecule has 0 aliphatic carbocycles. The van der Waals surface area contributed by atoms with Gasteiger partial charge in [0.15, 0.2) is 29.1 Å². The molecule has 2 aromatic carbocycles. The molecule has 6 nitrogen and oxygen atoms in total. The molecule has 0 N–H and O–H groups in total. The lowest BCUT2D eigenvalue weighted by atomic mass is 10.0. The van der Waals surface area contributed by atoms with Crippen LogP contribution in [0.25, 0.3) is 22.0 Å². The van der Waals surface area contributed by atoms with E-state index in [0.717, 1.165) is 22.3 Å². The molecule has 1 heterocycles. The standard InChI is InChI=1S/C32H50F3N3O3Si2/c1-30(2,3)42(8,9)40-20-18-38(19-21-41-43(10,11)31(4,5)6)29-26-17-16-24(22-27(26)37(7)36-29)25-14-12-13-15-28(25)39-23-32(33,34)35/h12-17,22H,18-21,23H2,1-11H3. The van der Waals surface area contributed by atoms with Crippen molar-refractivity contribution in [1.82, 2.24) is 9.78 Å². The summed E-state index contributed by atoms with van der Waals surface area (Å²) in [6.07, 6.45) is -4.42. The molecule has 11 heteroatoms. The highest BCUT2D eigenvalue weighted by Gasteiger charge is 2.38. The second kappa shape index (κ2) is 12.9. The smallest absolute Gasteiger partial charge is 0.422 e. The van der Waals surface area contributed by atoms with E-state index in [-0.39, 0.29) is 15.8 Å². The average molecular weight is 638 g/mol. The average Bonchev–Trinajstić information content (AvgIpc) is 3.20. The van der Waals surface area contributed by atoms with Crippen LogP contribution in [0, 0.1) is 0 Å². The molecule has 0 atom stereocenters. The number of halogens is 3. The summed E-state index contributed by atoms with van der Waals surface area (Å²) in [5, 5.41) is 6.09. The summed E-state index contributed by atoms with van der Waals surface area (Å²) in [4.78, 5) is 2.24. The summed E-state index contributed by atoms with van der Waals surface area (Å²) in [6.45, 7) is 23.6. The van der Waals surface area contributed by atoms with Gasteiger partial charge in [-0.25, -0.2) is 0 Å². The van der Waals surface area contributed by atoms with E-state index in [1.165, 1.54) is 0 Å². The second-order valence-corrected chi connectivity index (χ2v) is 23.9. The molecule has 0 saturated heterocycles. The number of rotatable bonds is 12. The van der Waals surface area contributed by atoms with Crippen molar-refractivity contribution in [3.05, 3.63) is 42.5 Å². The minimum atomic E-state index is -4.42. The molecule has 0 bridgehead atoms. The highest BCUT2D eigenvalue weighted by atomic mass is 28.4. The number of benzene rings is 2. The Morgan fingerprint density at radius 2 is 1.35 bits per heavy atom. The van der Waals surface area contributed by atoms with Crippen LogP contribution < -0.4 is 9.64 Å². The van der Waals surface area contributed by atoms with Crippen LogP contribution >= 0.6 is 0 Å². The SMILES string of the molecule is Cn1nc(N(CCO[Si](C)(C)C(C)(C)C)CCO[Si](C)(C)C(C)(C)C)c2ccc(-c3ccccc3OCC(F)(F)F)cc21. The molecule has 0 radical (unpaired) electrons. The van der Waals surface area contributed by atoms with Crippen LogP contribution in [-0.4, -0.2) is 65.5 Å². The molecule has 240 valence electrons. The molecule has 3 aromatic rings. The van der Waals surface area contributed by atoms with Crippen molar-refractivity contribution in [2.75, 3.05) is 37.8 Å². The van der Waals surface area contributed by atoms with Gasteiger partial charge in [0.25, 0.3) is 0 Å². The van der Waals surface area contributed by atoms with Crippen LogP contribution in [0.5, 0.6) is 5.75 Å². The maximum atomic E-state index is 12.9. The van der Waals surface area contributed by atoms with E-state index >= 15 is 0 Å². The Morgan fingerprint density at radius 3 is 1.86 bits per heavy atom. The Bertz CT molecular complexity index is 1340. The zero-order valence-corrected chi connectivity index (χ0v) is 29.8. The number of alkyl halides is 3. The number of aromatic nitrogens is 2. The maximum Gasteiger partial charge on any atom is 0.422 e. The normalized spacial score (nSPS) is 13.5. The van der Waals surface area contributed by atoms with Crippen molar-refractivity contribution in [2.45, 2.75) is 84.0 Å². The lowest BCUT2D eigenvalue weighted by Gasteiger charge is -2.38. The van der Waals surface area contributed by atoms with Crippen LogP contribution in [-0.2, 0) is 15.9 Å². The fourth-order valence-electron chi connectivity index (χ4n) is 4.21. The number of fused-ring (bicyclic) bond motifs is 1. The van der Waals surface area contributed by atoms with Gasteiger partial charge in [-0.3, -0.25) is 4.68 Å². The summed E-state index contributed by atoms with van der Waals surface area (Å²) in [7, 11) is -1.98. The third kappa shape index (κ3) is 8.86. The van der Waals surface area contributed by atoms with Gasteiger partial charge in [0.05, 0.1) is 18.7 Å². The van der Waals surface area contributed by atoms with Crippen LogP contribution in [0.4, 0.5) is 19.0 Å². The Hall–Kier alpha value is -2.35. The van der Waals surface area contributed by atoms with E-state index in [1.54, 1.807) is 24.3 Å². The van der Waals surface area contributed by atoms with Crippen molar-refractivity contribution < 1.29 is 26.8 Å². The molecular weight excluding hydrogens is 588 g/mol. The minimum Gasteiger partial charge on any atom is -0.483 e. The van der Waals surface area contributed by atoms with Crippen LogP contribution in [0.1, 0.15) is 41.5 Å². The number of aryl methyl sites for hydroxylation is 1. The fourth-order valence-corrected chi connectivity index (χ4v) is 6.28. The number of anilines is 1. The number of para-hydroxylation sites is 1. The van der Waals surface area contributed by atoms with Crippen LogP contribution in [0.15, 0.2) is 42.5 Å². The number of hydrogen-bond donors (Lipinski definition) is 0. The zero-order valence-electron chi connectivity index (χ0n) is 27.8. The van der Waals surface area contributed by atoms with Crippen molar-refractivity contribution >= 4 is 33.4 Å². The van der Waals surface area contributed by atoms with E-state index in [9.17, 15) is 13.2 Å². The molecular formula is C32H50F3N3O3Si2. The summed E-state index contributed by atoms with van der Waals surface area (Å²) in [5.74, 6) is 1.03. The van der Waals surface area contributed by atoms with Gasteiger partial charge in [-0.2, -0.15) is 18.3 Å². The van der Waals surface area contributed by atoms with Crippen molar-refractivity contribution in [1.29, 1.82) is 0 Å². The largest absolute Gasteiger partial charge is 0.483 e. The first-order valence-corrected chi connectivity index (χ1v) is 20.7. The minimum absolute atomic E-state index is 0.109. The zero-order chi connectivity index (χ0) is 32.4. The van der Waals surface area contributed by atoms with Gasteiger partial charge in [-0.05, 0) is 60.0 Å². The van der Waals surface area contributed by atoms with E-state index in [0.29, 0.717) is 31.9 Å².